The highest BCUT2D eigenvalue weighted by atomic mass is 16.7. The number of esters is 3. The lowest BCUT2D eigenvalue weighted by atomic mass is 9.82. The molecule has 3 saturated heterocycles. The molecule has 1 aromatic rings. The van der Waals surface area contributed by atoms with E-state index in [-0.39, 0.29) is 12.0 Å². The van der Waals surface area contributed by atoms with Gasteiger partial charge in [-0.15, -0.1) is 0 Å². The Morgan fingerprint density at radius 1 is 1.21 bits per heavy atom. The molecule has 0 saturated carbocycles. The van der Waals surface area contributed by atoms with E-state index in [1.807, 2.05) is 6.92 Å². The van der Waals surface area contributed by atoms with Crippen LogP contribution in [-0.2, 0) is 42.9 Å². The molecule has 4 aliphatic rings. The van der Waals surface area contributed by atoms with Crippen molar-refractivity contribution < 1.29 is 47.3 Å². The number of carbonyl (C=O) groups is 4. The average molecular weight is 474 g/mol. The second-order valence-electron chi connectivity index (χ2n) is 9.65. The SMILES string of the molecule is C=C(C=O)C1C[C@H](OC(C)=O)[C@]23O[C@H]2[C@H](C[C@@]2(C)O[C@@H]2c2cc(C)c(o2)[C@@H]1OC(C)=O)OC3=O. The Bertz CT molecular complexity index is 1100. The Hall–Kier alpha value is -2.98. The van der Waals surface area contributed by atoms with Crippen molar-refractivity contribution in [2.24, 2.45) is 5.92 Å². The summed E-state index contributed by atoms with van der Waals surface area (Å²) in [5, 5.41) is 0. The summed E-state index contributed by atoms with van der Waals surface area (Å²) in [5.74, 6) is -1.89. The number of hydrogen-bond donors (Lipinski definition) is 0. The van der Waals surface area contributed by atoms with Crippen LogP contribution in [0, 0.1) is 12.8 Å². The lowest BCUT2D eigenvalue weighted by molar-refractivity contribution is -0.167. The highest BCUT2D eigenvalue weighted by molar-refractivity contribution is 5.88. The van der Waals surface area contributed by atoms with Crippen molar-refractivity contribution in [1.29, 1.82) is 0 Å². The highest BCUT2D eigenvalue weighted by Gasteiger charge is 2.79. The van der Waals surface area contributed by atoms with Crippen LogP contribution in [0.3, 0.4) is 0 Å². The normalized spacial score (nSPS) is 39.7. The van der Waals surface area contributed by atoms with Crippen molar-refractivity contribution in [3.8, 4) is 0 Å². The Balaban J connectivity index is 1.65. The largest absolute Gasteiger partial charge is 0.459 e. The van der Waals surface area contributed by atoms with Gasteiger partial charge in [-0.3, -0.25) is 14.4 Å². The lowest BCUT2D eigenvalue weighted by Gasteiger charge is -2.30. The molecule has 5 rings (SSSR count). The molecule has 3 fully saturated rings. The maximum absolute atomic E-state index is 13.0. The molecule has 10 heteroatoms. The van der Waals surface area contributed by atoms with Gasteiger partial charge in [0.2, 0.25) is 5.60 Å². The fourth-order valence-electron chi connectivity index (χ4n) is 5.40. The molecular formula is C24H26O10. The molecule has 182 valence electrons. The minimum atomic E-state index is -1.50. The van der Waals surface area contributed by atoms with Gasteiger partial charge in [-0.1, -0.05) is 6.58 Å². The summed E-state index contributed by atoms with van der Waals surface area (Å²) >= 11 is 0. The Kier molecular flexibility index (Phi) is 5.04. The highest BCUT2D eigenvalue weighted by Crippen LogP contribution is 2.60. The maximum Gasteiger partial charge on any atom is 0.345 e. The number of aryl methyl sites for hydroxylation is 1. The van der Waals surface area contributed by atoms with Gasteiger partial charge < -0.3 is 28.1 Å². The topological polar surface area (TPSA) is 134 Å². The summed E-state index contributed by atoms with van der Waals surface area (Å²) in [6.45, 7) is 9.97. The van der Waals surface area contributed by atoms with Crippen LogP contribution in [0.4, 0.5) is 0 Å². The molecule has 0 radical (unpaired) electrons. The van der Waals surface area contributed by atoms with Crippen LogP contribution in [0.1, 0.15) is 62.9 Å². The van der Waals surface area contributed by atoms with Crippen LogP contribution in [0.15, 0.2) is 22.6 Å². The van der Waals surface area contributed by atoms with Gasteiger partial charge in [0.15, 0.2) is 6.10 Å². The van der Waals surface area contributed by atoms with Gasteiger partial charge in [-0.2, -0.15) is 0 Å². The number of rotatable bonds is 4. The van der Waals surface area contributed by atoms with Crippen molar-refractivity contribution in [3.63, 3.8) is 0 Å². The van der Waals surface area contributed by atoms with Gasteiger partial charge in [0, 0.05) is 26.2 Å². The predicted molar refractivity (Wildman–Crippen MR) is 111 cm³/mol. The van der Waals surface area contributed by atoms with Crippen LogP contribution in [0.2, 0.25) is 0 Å². The van der Waals surface area contributed by atoms with Crippen molar-refractivity contribution in [3.05, 3.63) is 35.3 Å². The number of fused-ring (bicyclic) bond motifs is 4. The predicted octanol–water partition coefficient (Wildman–Crippen LogP) is 2.18. The van der Waals surface area contributed by atoms with Gasteiger partial charge in [-0.05, 0) is 37.5 Å². The van der Waals surface area contributed by atoms with Crippen molar-refractivity contribution >= 4 is 24.2 Å². The number of furan rings is 1. The molecule has 34 heavy (non-hydrogen) atoms. The fraction of sp³-hybridized carbons (Fsp3) is 0.583. The third kappa shape index (κ3) is 3.39. The van der Waals surface area contributed by atoms with E-state index in [0.717, 1.165) is 0 Å². The standard InChI is InChI=1S/C24H26O10/c1-10-6-15-20-23(5,33-20)8-16-21-24(34-21,22(28)32-16)17(29-12(3)26)7-14(11(2)9-25)19(18(10)31-15)30-13(4)27/h6,9,14,16-17,19-21H,2,7-8H2,1,3-5H3/t14?,16-,17-,19+,20+,21-,23+,24-/m0/s1. The summed E-state index contributed by atoms with van der Waals surface area (Å²) in [6.07, 6.45) is -2.99. The van der Waals surface area contributed by atoms with E-state index in [9.17, 15) is 19.2 Å². The first-order valence-electron chi connectivity index (χ1n) is 11.2. The van der Waals surface area contributed by atoms with Crippen LogP contribution < -0.4 is 0 Å². The van der Waals surface area contributed by atoms with Crippen molar-refractivity contribution in [2.75, 3.05) is 0 Å². The summed E-state index contributed by atoms with van der Waals surface area (Å²) in [5.41, 5.74) is -1.39. The third-order valence-electron chi connectivity index (χ3n) is 7.13. The molecular weight excluding hydrogens is 448 g/mol. The second-order valence-corrected chi connectivity index (χ2v) is 9.65. The van der Waals surface area contributed by atoms with E-state index < -0.39 is 65.5 Å². The zero-order chi connectivity index (χ0) is 24.6. The van der Waals surface area contributed by atoms with Gasteiger partial charge in [-0.25, -0.2) is 4.79 Å². The maximum atomic E-state index is 13.0. The first-order valence-corrected chi connectivity index (χ1v) is 11.2. The first-order chi connectivity index (χ1) is 16.0. The molecule has 1 unspecified atom stereocenters. The number of hydrogen-bond acceptors (Lipinski definition) is 10. The summed E-state index contributed by atoms with van der Waals surface area (Å²) < 4.78 is 34.8. The molecule has 0 aromatic carbocycles. The monoisotopic (exact) mass is 474 g/mol. The van der Waals surface area contributed by atoms with Crippen molar-refractivity contribution in [1.82, 2.24) is 0 Å². The lowest BCUT2D eigenvalue weighted by Crippen LogP contribution is -2.42. The molecule has 4 aliphatic heterocycles. The number of carbonyl (C=O) groups excluding carboxylic acids is 4. The van der Waals surface area contributed by atoms with Gasteiger partial charge in [0.1, 0.15) is 47.8 Å². The number of aldehydes is 1. The van der Waals surface area contributed by atoms with Crippen LogP contribution >= 0.6 is 0 Å². The fourth-order valence-corrected chi connectivity index (χ4v) is 5.40. The molecule has 8 atom stereocenters. The zero-order valence-corrected chi connectivity index (χ0v) is 19.3. The smallest absolute Gasteiger partial charge is 0.345 e. The van der Waals surface area contributed by atoms with Gasteiger partial charge in [0.25, 0.3) is 0 Å². The molecule has 4 bridgehead atoms. The number of epoxide rings is 2. The molecule has 10 nitrogen and oxygen atoms in total. The third-order valence-corrected chi connectivity index (χ3v) is 7.13. The molecule has 0 amide bonds. The minimum absolute atomic E-state index is 0.0830. The van der Waals surface area contributed by atoms with Crippen LogP contribution in [0.25, 0.3) is 0 Å². The number of ether oxygens (including phenoxy) is 5. The van der Waals surface area contributed by atoms with E-state index in [0.29, 0.717) is 29.8 Å². The van der Waals surface area contributed by atoms with Gasteiger partial charge >= 0.3 is 17.9 Å². The van der Waals surface area contributed by atoms with E-state index in [1.54, 1.807) is 13.0 Å². The Morgan fingerprint density at radius 3 is 2.53 bits per heavy atom. The van der Waals surface area contributed by atoms with E-state index >= 15 is 0 Å². The van der Waals surface area contributed by atoms with E-state index in [4.69, 9.17) is 28.1 Å². The summed E-state index contributed by atoms with van der Waals surface area (Å²) in [6, 6.07) is 1.80. The minimum Gasteiger partial charge on any atom is -0.459 e. The quantitative estimate of drug-likeness (QED) is 0.210. The molecule has 0 aliphatic carbocycles. The Morgan fingerprint density at radius 2 is 1.91 bits per heavy atom. The Labute approximate surface area is 195 Å². The summed E-state index contributed by atoms with van der Waals surface area (Å²) in [7, 11) is 0. The second kappa shape index (κ2) is 7.51. The van der Waals surface area contributed by atoms with E-state index in [2.05, 4.69) is 6.58 Å². The van der Waals surface area contributed by atoms with Crippen LogP contribution in [0.5, 0.6) is 0 Å². The molecule has 0 N–H and O–H groups in total. The van der Waals surface area contributed by atoms with Crippen LogP contribution in [-0.4, -0.2) is 53.7 Å². The first kappa shape index (κ1) is 22.8. The van der Waals surface area contributed by atoms with Crippen molar-refractivity contribution in [2.45, 2.75) is 82.3 Å². The van der Waals surface area contributed by atoms with E-state index in [1.165, 1.54) is 13.8 Å². The zero-order valence-electron chi connectivity index (χ0n) is 19.3. The average Bonchev–Trinajstić information content (AvgIpc) is 3.58. The molecule has 5 heterocycles. The summed E-state index contributed by atoms with van der Waals surface area (Å²) in [4.78, 5) is 48.9. The molecule has 1 aromatic heterocycles. The molecule has 0 spiro atoms. The van der Waals surface area contributed by atoms with Gasteiger partial charge in [0.05, 0.1) is 0 Å².